The van der Waals surface area contributed by atoms with Crippen LogP contribution in [0.25, 0.3) is 0 Å². The predicted octanol–water partition coefficient (Wildman–Crippen LogP) is 3.69. The van der Waals surface area contributed by atoms with Gasteiger partial charge in [0.05, 0.1) is 6.67 Å². The molecule has 0 aromatic rings. The molecule has 146 valence electrons. The van der Waals surface area contributed by atoms with Crippen LogP contribution in [-0.4, -0.2) is 50.9 Å². The molecule has 0 amide bonds. The van der Waals surface area contributed by atoms with Gasteiger partial charge in [-0.15, -0.1) is 10.1 Å². The Morgan fingerprint density at radius 3 is 1.92 bits per heavy atom. The van der Waals surface area contributed by atoms with Crippen LogP contribution in [0.1, 0.15) is 71.1 Å². The molecule has 1 aliphatic heterocycles. The van der Waals surface area contributed by atoms with E-state index in [1.807, 2.05) is 17.3 Å². The van der Waals surface area contributed by atoms with Gasteiger partial charge in [0.1, 0.15) is 6.54 Å². The summed E-state index contributed by atoms with van der Waals surface area (Å²) in [6.07, 6.45) is 17.4. The summed E-state index contributed by atoms with van der Waals surface area (Å²) in [5.74, 6) is -0.763. The van der Waals surface area contributed by atoms with Crippen LogP contribution in [0.5, 0.6) is 0 Å². The van der Waals surface area contributed by atoms with Gasteiger partial charge in [0.15, 0.2) is 0 Å². The zero-order valence-corrected chi connectivity index (χ0v) is 15.3. The third-order valence-corrected chi connectivity index (χ3v) is 3.99. The number of unbranched alkanes of at least 4 members (excludes halogenated alkanes) is 9. The second kappa shape index (κ2) is 15.5. The number of nitrogens with zero attached hydrogens (tertiary/aromatic N) is 3. The van der Waals surface area contributed by atoms with Crippen LogP contribution in [0.2, 0.25) is 0 Å². The number of carboxylic acids is 1. The number of hydrogen-bond donors (Lipinski definition) is 2. The van der Waals surface area contributed by atoms with E-state index in [2.05, 4.69) is 11.8 Å². The standard InChI is InChI=1S/C17H32N2O2.HNO3/c1-2-3-4-5-6-7-8-9-10-11-12-18-13-14-19(16-18)15-17(20)21;2-1(3)4/h13-14H,2-12,15-16H2,1H3,(H,20,21);(H,2,3,4). The minimum atomic E-state index is -1.50. The van der Waals surface area contributed by atoms with E-state index in [9.17, 15) is 4.79 Å². The van der Waals surface area contributed by atoms with E-state index >= 15 is 0 Å². The molecule has 0 radical (unpaired) electrons. The molecule has 0 aliphatic carbocycles. The van der Waals surface area contributed by atoms with Gasteiger partial charge >= 0.3 is 5.97 Å². The first kappa shape index (κ1) is 23.0. The zero-order chi connectivity index (χ0) is 18.9. The van der Waals surface area contributed by atoms with E-state index in [0.717, 1.165) is 13.2 Å². The van der Waals surface area contributed by atoms with Gasteiger partial charge in [-0.05, 0) is 6.42 Å². The summed E-state index contributed by atoms with van der Waals surface area (Å²) in [5.41, 5.74) is 0. The Morgan fingerprint density at radius 2 is 1.44 bits per heavy atom. The normalized spacial score (nSPS) is 12.8. The molecule has 0 atom stereocenters. The van der Waals surface area contributed by atoms with Crippen LogP contribution in [0.3, 0.4) is 0 Å². The monoisotopic (exact) mass is 359 g/mol. The molecule has 8 heteroatoms. The lowest BCUT2D eigenvalue weighted by Crippen LogP contribution is -2.29. The summed E-state index contributed by atoms with van der Waals surface area (Å²) >= 11 is 0. The second-order valence-corrected chi connectivity index (χ2v) is 6.31. The summed E-state index contributed by atoms with van der Waals surface area (Å²) < 4.78 is 0. The molecule has 0 saturated carbocycles. The van der Waals surface area contributed by atoms with E-state index in [4.69, 9.17) is 20.4 Å². The first-order valence-electron chi connectivity index (χ1n) is 9.17. The maximum atomic E-state index is 10.6. The molecule has 0 aromatic heterocycles. The summed E-state index contributed by atoms with van der Waals surface area (Å²) in [6, 6.07) is 0. The van der Waals surface area contributed by atoms with Gasteiger partial charge in [0, 0.05) is 18.9 Å². The highest BCUT2D eigenvalue weighted by molar-refractivity contribution is 5.69. The molecule has 0 aromatic carbocycles. The van der Waals surface area contributed by atoms with Crippen molar-refractivity contribution in [2.75, 3.05) is 19.8 Å². The maximum Gasteiger partial charge on any atom is 0.323 e. The SMILES string of the molecule is CCCCCCCCCCCCN1C=CN(CC(=O)O)C1.O=[N+]([O-])O. The average molecular weight is 359 g/mol. The van der Waals surface area contributed by atoms with Crippen molar-refractivity contribution in [1.82, 2.24) is 9.80 Å². The van der Waals surface area contributed by atoms with Crippen LogP contribution >= 0.6 is 0 Å². The van der Waals surface area contributed by atoms with E-state index in [1.54, 1.807) is 0 Å². The number of hydrogen-bond acceptors (Lipinski definition) is 5. The summed E-state index contributed by atoms with van der Waals surface area (Å²) in [5, 5.41) is 22.4. The fourth-order valence-corrected chi connectivity index (χ4v) is 2.74. The highest BCUT2D eigenvalue weighted by atomic mass is 16.9. The van der Waals surface area contributed by atoms with Crippen molar-refractivity contribution in [2.24, 2.45) is 0 Å². The van der Waals surface area contributed by atoms with E-state index in [0.29, 0.717) is 0 Å². The molecule has 1 heterocycles. The molecule has 0 fully saturated rings. The Labute approximate surface area is 150 Å². The number of carboxylic acid groups (broad SMARTS) is 1. The average Bonchev–Trinajstić information content (AvgIpc) is 2.95. The first-order valence-corrected chi connectivity index (χ1v) is 9.17. The zero-order valence-electron chi connectivity index (χ0n) is 15.3. The van der Waals surface area contributed by atoms with Gasteiger partial charge in [-0.2, -0.15) is 0 Å². The Morgan fingerprint density at radius 1 is 1.00 bits per heavy atom. The van der Waals surface area contributed by atoms with E-state index in [-0.39, 0.29) is 6.54 Å². The fourth-order valence-electron chi connectivity index (χ4n) is 2.74. The molecule has 2 N–H and O–H groups in total. The molecule has 1 rings (SSSR count). The van der Waals surface area contributed by atoms with Gasteiger partial charge in [-0.25, -0.2) is 0 Å². The number of rotatable bonds is 13. The topological polar surface area (TPSA) is 107 Å². The Bertz CT molecular complexity index is 386. The Balaban J connectivity index is 0.00000129. The minimum Gasteiger partial charge on any atom is -0.480 e. The lowest BCUT2D eigenvalue weighted by molar-refractivity contribution is -0.742. The number of aliphatic carboxylic acids is 1. The fraction of sp³-hybridized carbons (Fsp3) is 0.824. The van der Waals surface area contributed by atoms with Gasteiger partial charge < -0.3 is 20.1 Å². The van der Waals surface area contributed by atoms with Crippen LogP contribution in [0.15, 0.2) is 12.4 Å². The van der Waals surface area contributed by atoms with Gasteiger partial charge in [0.25, 0.3) is 5.09 Å². The molecular weight excluding hydrogens is 326 g/mol. The first-order chi connectivity index (χ1) is 12.0. The van der Waals surface area contributed by atoms with Crippen LogP contribution in [0.4, 0.5) is 0 Å². The van der Waals surface area contributed by atoms with Crippen molar-refractivity contribution in [3.8, 4) is 0 Å². The van der Waals surface area contributed by atoms with Crippen molar-refractivity contribution in [3.05, 3.63) is 22.5 Å². The van der Waals surface area contributed by atoms with Gasteiger partial charge in [-0.1, -0.05) is 64.7 Å². The third-order valence-electron chi connectivity index (χ3n) is 3.99. The second-order valence-electron chi connectivity index (χ2n) is 6.31. The van der Waals surface area contributed by atoms with Crippen LogP contribution in [0, 0.1) is 10.1 Å². The van der Waals surface area contributed by atoms with Crippen molar-refractivity contribution >= 4 is 5.97 Å². The summed E-state index contributed by atoms with van der Waals surface area (Å²) in [4.78, 5) is 23.0. The lowest BCUT2D eigenvalue weighted by Gasteiger charge is -2.19. The Hall–Kier alpha value is -1.99. The molecule has 1 aliphatic rings. The third kappa shape index (κ3) is 16.6. The molecule has 25 heavy (non-hydrogen) atoms. The van der Waals surface area contributed by atoms with Crippen LogP contribution < -0.4 is 0 Å². The number of carbonyl (C=O) groups is 1. The molecule has 0 spiro atoms. The lowest BCUT2D eigenvalue weighted by atomic mass is 10.1. The Kier molecular flexibility index (Phi) is 14.3. The molecule has 0 saturated heterocycles. The predicted molar refractivity (Wildman–Crippen MR) is 95.7 cm³/mol. The van der Waals surface area contributed by atoms with Crippen molar-refractivity contribution in [1.29, 1.82) is 0 Å². The molecule has 0 unspecified atom stereocenters. The quantitative estimate of drug-likeness (QED) is 0.293. The highest BCUT2D eigenvalue weighted by Gasteiger charge is 2.13. The summed E-state index contributed by atoms with van der Waals surface area (Å²) in [6.45, 7) is 4.13. The summed E-state index contributed by atoms with van der Waals surface area (Å²) in [7, 11) is 0. The van der Waals surface area contributed by atoms with Crippen molar-refractivity contribution in [3.63, 3.8) is 0 Å². The molecule has 8 nitrogen and oxygen atoms in total. The van der Waals surface area contributed by atoms with Crippen molar-refractivity contribution in [2.45, 2.75) is 71.1 Å². The van der Waals surface area contributed by atoms with Gasteiger partial charge in [-0.3, -0.25) is 4.79 Å². The maximum absolute atomic E-state index is 10.6. The smallest absolute Gasteiger partial charge is 0.323 e. The van der Waals surface area contributed by atoms with Gasteiger partial charge in [0.2, 0.25) is 0 Å². The molecular formula is C17H33N3O5. The highest BCUT2D eigenvalue weighted by Crippen LogP contribution is 2.12. The van der Waals surface area contributed by atoms with Crippen molar-refractivity contribution < 1.29 is 20.2 Å². The van der Waals surface area contributed by atoms with Crippen LogP contribution in [-0.2, 0) is 4.79 Å². The molecule has 0 bridgehead atoms. The van der Waals surface area contributed by atoms with E-state index < -0.39 is 11.1 Å². The van der Waals surface area contributed by atoms with E-state index in [1.165, 1.54) is 64.2 Å². The minimum absolute atomic E-state index is 0.102. The largest absolute Gasteiger partial charge is 0.480 e.